The van der Waals surface area contributed by atoms with Crippen LogP contribution in [-0.2, 0) is 4.79 Å². The van der Waals surface area contributed by atoms with E-state index in [1.165, 1.54) is 5.56 Å². The lowest BCUT2D eigenvalue weighted by Gasteiger charge is -2.16. The third-order valence-electron chi connectivity index (χ3n) is 3.36. The van der Waals surface area contributed by atoms with Gasteiger partial charge in [0.2, 0.25) is 0 Å². The maximum atomic E-state index is 12.1. The van der Waals surface area contributed by atoms with Crippen molar-refractivity contribution in [1.82, 2.24) is 0 Å². The Kier molecular flexibility index (Phi) is 4.91. The van der Waals surface area contributed by atoms with Gasteiger partial charge in [-0.25, -0.2) is 0 Å². The van der Waals surface area contributed by atoms with E-state index in [1.807, 2.05) is 55.5 Å². The SMILES string of the molecule is C[C@@H]([NH2+][C@H](C)c1ccccc1)C(=O)Nc1ccccc1. The fourth-order valence-electron chi connectivity index (χ4n) is 2.17. The van der Waals surface area contributed by atoms with Gasteiger partial charge in [0.1, 0.15) is 6.04 Å². The second kappa shape index (κ2) is 6.87. The summed E-state index contributed by atoms with van der Waals surface area (Å²) < 4.78 is 0. The lowest BCUT2D eigenvalue weighted by atomic mass is 10.1. The van der Waals surface area contributed by atoms with E-state index in [2.05, 4.69) is 29.7 Å². The molecule has 0 spiro atoms. The zero-order valence-corrected chi connectivity index (χ0v) is 11.9. The second-order valence-electron chi connectivity index (χ2n) is 5.04. The molecule has 0 bridgehead atoms. The van der Waals surface area contributed by atoms with Gasteiger partial charge in [-0.1, -0.05) is 48.5 Å². The Hall–Kier alpha value is -2.13. The molecule has 0 radical (unpaired) electrons. The molecule has 2 aromatic carbocycles. The predicted octanol–water partition coefficient (Wildman–Crippen LogP) is 2.34. The van der Waals surface area contributed by atoms with Crippen LogP contribution in [-0.4, -0.2) is 11.9 Å². The van der Waals surface area contributed by atoms with E-state index in [1.54, 1.807) is 0 Å². The van der Waals surface area contributed by atoms with Crippen LogP contribution in [0.4, 0.5) is 5.69 Å². The summed E-state index contributed by atoms with van der Waals surface area (Å²) in [5, 5.41) is 5.01. The molecular formula is C17H21N2O+. The van der Waals surface area contributed by atoms with Crippen LogP contribution in [0.1, 0.15) is 25.5 Å². The summed E-state index contributed by atoms with van der Waals surface area (Å²) in [6.45, 7) is 4.04. The van der Waals surface area contributed by atoms with Gasteiger partial charge in [-0.3, -0.25) is 4.79 Å². The van der Waals surface area contributed by atoms with E-state index in [9.17, 15) is 4.79 Å². The topological polar surface area (TPSA) is 45.7 Å². The number of hydrogen-bond donors (Lipinski definition) is 2. The minimum Gasteiger partial charge on any atom is -0.330 e. The van der Waals surface area contributed by atoms with Crippen molar-refractivity contribution >= 4 is 11.6 Å². The molecule has 2 rings (SSSR count). The number of carbonyl (C=O) groups excluding carboxylic acids is 1. The minimum absolute atomic E-state index is 0.0268. The van der Waals surface area contributed by atoms with Gasteiger partial charge in [-0.15, -0.1) is 0 Å². The first-order chi connectivity index (χ1) is 9.66. The Labute approximate surface area is 120 Å². The van der Waals surface area contributed by atoms with Crippen molar-refractivity contribution in [3.8, 4) is 0 Å². The van der Waals surface area contributed by atoms with Crippen molar-refractivity contribution < 1.29 is 10.1 Å². The van der Waals surface area contributed by atoms with Crippen LogP contribution in [0.2, 0.25) is 0 Å². The number of para-hydroxylation sites is 1. The third kappa shape index (κ3) is 3.93. The zero-order valence-electron chi connectivity index (χ0n) is 11.9. The molecule has 0 saturated heterocycles. The number of amides is 1. The molecule has 0 aliphatic heterocycles. The quantitative estimate of drug-likeness (QED) is 0.860. The fraction of sp³-hybridized carbons (Fsp3) is 0.235. The number of quaternary nitrogens is 1. The van der Waals surface area contributed by atoms with E-state index in [0.29, 0.717) is 0 Å². The summed E-state index contributed by atoms with van der Waals surface area (Å²) in [5.41, 5.74) is 2.07. The monoisotopic (exact) mass is 269 g/mol. The Morgan fingerprint density at radius 3 is 2.10 bits per heavy atom. The average Bonchev–Trinajstić information content (AvgIpc) is 2.49. The number of nitrogens with one attached hydrogen (secondary N) is 1. The van der Waals surface area contributed by atoms with E-state index < -0.39 is 0 Å². The van der Waals surface area contributed by atoms with Crippen LogP contribution in [0, 0.1) is 0 Å². The molecule has 0 saturated carbocycles. The molecule has 104 valence electrons. The van der Waals surface area contributed by atoms with Gasteiger partial charge in [0.15, 0.2) is 6.04 Å². The normalized spacial score (nSPS) is 13.5. The molecule has 0 heterocycles. The number of rotatable bonds is 5. The van der Waals surface area contributed by atoms with Crippen LogP contribution in [0.15, 0.2) is 60.7 Å². The molecule has 3 N–H and O–H groups in total. The van der Waals surface area contributed by atoms with Gasteiger partial charge in [-0.2, -0.15) is 0 Å². The molecule has 2 aromatic rings. The number of anilines is 1. The predicted molar refractivity (Wildman–Crippen MR) is 81.3 cm³/mol. The molecule has 0 fully saturated rings. The van der Waals surface area contributed by atoms with Gasteiger partial charge in [-0.05, 0) is 26.0 Å². The summed E-state index contributed by atoms with van der Waals surface area (Å²) >= 11 is 0. The van der Waals surface area contributed by atoms with Crippen LogP contribution in [0.5, 0.6) is 0 Å². The lowest BCUT2D eigenvalue weighted by Crippen LogP contribution is -2.91. The lowest BCUT2D eigenvalue weighted by molar-refractivity contribution is -0.709. The molecule has 3 nitrogen and oxygen atoms in total. The first-order valence-corrected chi connectivity index (χ1v) is 6.92. The molecule has 0 aromatic heterocycles. The Balaban J connectivity index is 1.91. The Morgan fingerprint density at radius 2 is 1.50 bits per heavy atom. The smallest absolute Gasteiger partial charge is 0.282 e. The molecular weight excluding hydrogens is 248 g/mol. The average molecular weight is 269 g/mol. The van der Waals surface area contributed by atoms with Crippen molar-refractivity contribution in [2.45, 2.75) is 25.9 Å². The maximum absolute atomic E-state index is 12.1. The van der Waals surface area contributed by atoms with Crippen LogP contribution in [0.3, 0.4) is 0 Å². The van der Waals surface area contributed by atoms with Gasteiger partial charge in [0, 0.05) is 11.3 Å². The summed E-state index contributed by atoms with van der Waals surface area (Å²) in [6.07, 6.45) is 0. The van der Waals surface area contributed by atoms with Gasteiger partial charge >= 0.3 is 0 Å². The standard InChI is InChI=1S/C17H20N2O/c1-13(15-9-5-3-6-10-15)18-14(2)17(20)19-16-11-7-4-8-12-16/h3-14,18H,1-2H3,(H,19,20)/p+1/t13-,14-/m1/s1. The van der Waals surface area contributed by atoms with Gasteiger partial charge in [0.05, 0.1) is 0 Å². The van der Waals surface area contributed by atoms with Crippen molar-refractivity contribution in [3.05, 3.63) is 66.2 Å². The van der Waals surface area contributed by atoms with Crippen molar-refractivity contribution in [3.63, 3.8) is 0 Å². The Bertz CT molecular complexity index is 539. The first-order valence-electron chi connectivity index (χ1n) is 6.92. The third-order valence-corrected chi connectivity index (χ3v) is 3.36. The first kappa shape index (κ1) is 14.3. The van der Waals surface area contributed by atoms with Crippen molar-refractivity contribution in [1.29, 1.82) is 0 Å². The molecule has 3 heteroatoms. The van der Waals surface area contributed by atoms with Crippen LogP contribution < -0.4 is 10.6 Å². The highest BCUT2D eigenvalue weighted by atomic mass is 16.2. The number of benzene rings is 2. The largest absolute Gasteiger partial charge is 0.330 e. The van der Waals surface area contributed by atoms with Gasteiger partial charge in [0.25, 0.3) is 5.91 Å². The van der Waals surface area contributed by atoms with E-state index in [0.717, 1.165) is 5.69 Å². The summed E-state index contributed by atoms with van der Waals surface area (Å²) in [4.78, 5) is 12.1. The van der Waals surface area contributed by atoms with E-state index in [4.69, 9.17) is 0 Å². The molecule has 1 amide bonds. The minimum atomic E-state index is -0.134. The highest BCUT2D eigenvalue weighted by molar-refractivity contribution is 5.93. The van der Waals surface area contributed by atoms with E-state index in [-0.39, 0.29) is 18.0 Å². The van der Waals surface area contributed by atoms with E-state index >= 15 is 0 Å². The van der Waals surface area contributed by atoms with Crippen LogP contribution >= 0.6 is 0 Å². The van der Waals surface area contributed by atoms with Gasteiger partial charge < -0.3 is 10.6 Å². The number of nitrogens with two attached hydrogens (primary N) is 1. The summed E-state index contributed by atoms with van der Waals surface area (Å²) in [5.74, 6) is 0.0268. The molecule has 2 atom stereocenters. The molecule has 0 aliphatic carbocycles. The zero-order chi connectivity index (χ0) is 14.4. The molecule has 0 aliphatic rings. The highest BCUT2D eigenvalue weighted by Crippen LogP contribution is 2.08. The van der Waals surface area contributed by atoms with Crippen molar-refractivity contribution in [2.24, 2.45) is 0 Å². The summed E-state index contributed by atoms with van der Waals surface area (Å²) in [6, 6.07) is 19.9. The number of hydrogen-bond acceptors (Lipinski definition) is 1. The Morgan fingerprint density at radius 1 is 0.950 bits per heavy atom. The van der Waals surface area contributed by atoms with Crippen LogP contribution in [0.25, 0.3) is 0 Å². The molecule has 0 unspecified atom stereocenters. The fourth-order valence-corrected chi connectivity index (χ4v) is 2.17. The second-order valence-corrected chi connectivity index (χ2v) is 5.04. The molecule has 20 heavy (non-hydrogen) atoms. The number of carbonyl (C=O) groups is 1. The summed E-state index contributed by atoms with van der Waals surface area (Å²) in [7, 11) is 0. The maximum Gasteiger partial charge on any atom is 0.282 e. The van der Waals surface area contributed by atoms with Crippen molar-refractivity contribution in [2.75, 3.05) is 5.32 Å². The highest BCUT2D eigenvalue weighted by Gasteiger charge is 2.20.